The first-order valence-corrected chi connectivity index (χ1v) is 23.6. The second-order valence-electron chi connectivity index (χ2n) is 16.8. The van der Waals surface area contributed by atoms with Crippen LogP contribution in [0, 0.1) is 0 Å². The molecule has 1 amide bonds. The lowest BCUT2D eigenvalue weighted by Crippen LogP contribution is -2.60. The summed E-state index contributed by atoms with van der Waals surface area (Å²) in [5.41, 5.74) is 0. The van der Waals surface area contributed by atoms with Gasteiger partial charge >= 0.3 is 0 Å². The molecular weight excluding hydrogens is 727 g/mol. The van der Waals surface area contributed by atoms with Gasteiger partial charge < -0.3 is 50.5 Å². The Morgan fingerprint density at radius 3 is 1.51 bits per heavy atom. The van der Waals surface area contributed by atoms with Crippen molar-refractivity contribution in [3.63, 3.8) is 0 Å². The molecule has 9 atom stereocenters. The van der Waals surface area contributed by atoms with Crippen molar-refractivity contribution in [3.8, 4) is 0 Å². The first-order chi connectivity index (χ1) is 27.7. The van der Waals surface area contributed by atoms with Crippen molar-refractivity contribution in [1.29, 1.82) is 0 Å². The Morgan fingerprint density at radius 2 is 1.04 bits per heavy atom. The quantitative estimate of drug-likeness (QED) is 0.0226. The number of ether oxygens (including phenoxy) is 2. The zero-order valence-electron chi connectivity index (χ0n) is 36.3. The maximum Gasteiger partial charge on any atom is 0.249 e. The Labute approximate surface area is 347 Å². The first-order valence-electron chi connectivity index (χ1n) is 23.6. The fourth-order valence-corrected chi connectivity index (χ4v) is 7.62. The van der Waals surface area contributed by atoms with Gasteiger partial charge in [0.2, 0.25) is 5.91 Å². The molecule has 0 radical (unpaired) electrons. The monoisotopic (exact) mass is 816 g/mol. The third-order valence-electron chi connectivity index (χ3n) is 11.6. The van der Waals surface area contributed by atoms with Gasteiger partial charge in [-0.1, -0.05) is 180 Å². The summed E-state index contributed by atoms with van der Waals surface area (Å²) in [6.07, 6.45) is 26.9. The minimum atomic E-state index is -1.66. The van der Waals surface area contributed by atoms with E-state index >= 15 is 0 Å². The summed E-state index contributed by atoms with van der Waals surface area (Å²) in [6.45, 7) is 3.42. The van der Waals surface area contributed by atoms with Gasteiger partial charge in [0.25, 0.3) is 0 Å². The Kier molecular flexibility index (Phi) is 34.7. The van der Waals surface area contributed by atoms with Crippen molar-refractivity contribution in [3.05, 3.63) is 12.2 Å². The number of aliphatic hydroxyl groups excluding tert-OH is 7. The average molecular weight is 816 g/mol. The first kappa shape index (κ1) is 53.9. The molecule has 11 nitrogen and oxygen atoms in total. The number of aliphatic hydroxyl groups is 7. The number of allylic oxidation sites excluding steroid dienone is 2. The third kappa shape index (κ3) is 26.6. The number of unbranched alkanes of at least 4 members (excludes halogenated alkanes) is 25. The van der Waals surface area contributed by atoms with Crippen LogP contribution in [-0.2, 0) is 14.3 Å². The summed E-state index contributed by atoms with van der Waals surface area (Å²) in [5.74, 6) is -0.705. The lowest BCUT2D eigenvalue weighted by atomic mass is 9.98. The molecule has 11 heteroatoms. The van der Waals surface area contributed by atoms with Crippen molar-refractivity contribution in [2.45, 2.75) is 262 Å². The fourth-order valence-electron chi connectivity index (χ4n) is 7.62. The number of amides is 1. The molecule has 8 N–H and O–H groups in total. The summed E-state index contributed by atoms with van der Waals surface area (Å²) in [5, 5.41) is 75.6. The van der Waals surface area contributed by atoms with E-state index in [0.717, 1.165) is 38.5 Å². The summed E-state index contributed by atoms with van der Waals surface area (Å²) < 4.78 is 11.1. The number of carbonyl (C=O) groups excluding carboxylic acids is 1. The normalized spacial score (nSPS) is 22.2. The van der Waals surface area contributed by atoms with Gasteiger partial charge in [-0.25, -0.2) is 0 Å². The molecule has 0 spiro atoms. The van der Waals surface area contributed by atoms with E-state index in [2.05, 4.69) is 31.3 Å². The molecule has 1 fully saturated rings. The van der Waals surface area contributed by atoms with Gasteiger partial charge in [-0.2, -0.15) is 0 Å². The number of rotatable bonds is 39. The van der Waals surface area contributed by atoms with Crippen LogP contribution in [0.5, 0.6) is 0 Å². The van der Waals surface area contributed by atoms with Crippen molar-refractivity contribution >= 4 is 5.91 Å². The summed E-state index contributed by atoms with van der Waals surface area (Å²) in [7, 11) is 0. The highest BCUT2D eigenvalue weighted by Crippen LogP contribution is 2.23. The third-order valence-corrected chi connectivity index (χ3v) is 11.6. The van der Waals surface area contributed by atoms with Gasteiger partial charge in [0.1, 0.15) is 36.6 Å². The average Bonchev–Trinajstić information content (AvgIpc) is 3.21. The molecule has 0 aromatic carbocycles. The van der Waals surface area contributed by atoms with Crippen LogP contribution >= 0.6 is 0 Å². The zero-order chi connectivity index (χ0) is 41.9. The Morgan fingerprint density at radius 1 is 0.596 bits per heavy atom. The second kappa shape index (κ2) is 36.7. The maximum atomic E-state index is 13.1. The van der Waals surface area contributed by atoms with E-state index in [0.29, 0.717) is 12.8 Å². The molecule has 2 unspecified atom stereocenters. The smallest absolute Gasteiger partial charge is 0.249 e. The molecule has 1 aliphatic rings. The number of carbonyl (C=O) groups is 1. The molecule has 338 valence electrons. The van der Waals surface area contributed by atoms with Gasteiger partial charge in [-0.3, -0.25) is 4.79 Å². The van der Waals surface area contributed by atoms with E-state index in [4.69, 9.17) is 9.47 Å². The molecule has 0 bridgehead atoms. The number of hydrogen-bond donors (Lipinski definition) is 8. The van der Waals surface area contributed by atoms with Crippen LogP contribution in [0.25, 0.3) is 0 Å². The van der Waals surface area contributed by atoms with Crippen molar-refractivity contribution in [2.24, 2.45) is 0 Å². The van der Waals surface area contributed by atoms with E-state index in [1.807, 2.05) is 0 Å². The molecule has 0 aromatic rings. The van der Waals surface area contributed by atoms with E-state index in [-0.39, 0.29) is 12.8 Å². The van der Waals surface area contributed by atoms with E-state index in [1.165, 1.54) is 128 Å². The summed E-state index contributed by atoms with van der Waals surface area (Å²) >= 11 is 0. The number of hydrogen-bond acceptors (Lipinski definition) is 10. The Balaban J connectivity index is 2.43. The molecule has 1 rings (SSSR count). The van der Waals surface area contributed by atoms with E-state index in [9.17, 15) is 40.5 Å². The fraction of sp³-hybridized carbons (Fsp3) is 0.935. The Hall–Kier alpha value is -1.15. The van der Waals surface area contributed by atoms with Gasteiger partial charge in [0, 0.05) is 0 Å². The molecule has 1 aliphatic heterocycles. The summed E-state index contributed by atoms with van der Waals surface area (Å²) in [4.78, 5) is 13.1. The molecular formula is C46H89NO10. The lowest BCUT2D eigenvalue weighted by molar-refractivity contribution is -0.303. The molecule has 0 saturated carbocycles. The van der Waals surface area contributed by atoms with Crippen LogP contribution in [0.15, 0.2) is 12.2 Å². The van der Waals surface area contributed by atoms with Crippen LogP contribution in [0.4, 0.5) is 0 Å². The molecule has 0 aliphatic carbocycles. The molecule has 1 saturated heterocycles. The molecule has 1 heterocycles. The predicted octanol–water partition coefficient (Wildman–Crippen LogP) is 7.67. The minimum Gasteiger partial charge on any atom is -0.394 e. The SMILES string of the molecule is CCCCCCCCC/C=C\CCC[C@@H](O)[C@@H](O)[C@H](CO[C@@H]1O[C@H](CO)[C@@H](O)C(O)C1O)NC(=O)[C@H](O)CCCCCCCCCCCCCCCCCCCC. The van der Waals surface area contributed by atoms with Crippen LogP contribution in [0.3, 0.4) is 0 Å². The highest BCUT2D eigenvalue weighted by atomic mass is 16.7. The van der Waals surface area contributed by atoms with Gasteiger partial charge in [-0.15, -0.1) is 0 Å². The standard InChI is InChI=1S/C46H89NO10/c1-3-5-7-9-11-13-15-17-18-19-20-21-22-24-26-28-30-32-34-39(50)45(55)47-37(36-56-46-44(54)43(53)42(52)40(35-48)57-46)41(51)38(49)33-31-29-27-25-23-16-14-12-10-8-6-4-2/h25,27,37-44,46,48-54H,3-24,26,28-36H2,1-2H3,(H,47,55)/b27-25-/t37-,38+,39+,40+,41-,42+,43?,44?,46+/m0/s1. The maximum absolute atomic E-state index is 13.1. The molecule has 0 aromatic heterocycles. The highest BCUT2D eigenvalue weighted by molar-refractivity contribution is 5.80. The van der Waals surface area contributed by atoms with E-state index in [1.54, 1.807) is 0 Å². The van der Waals surface area contributed by atoms with E-state index < -0.39 is 74.2 Å². The molecule has 57 heavy (non-hydrogen) atoms. The topological polar surface area (TPSA) is 189 Å². The van der Waals surface area contributed by atoms with Crippen LogP contribution < -0.4 is 5.32 Å². The Bertz CT molecular complexity index is 939. The van der Waals surface area contributed by atoms with Gasteiger partial charge in [-0.05, 0) is 38.5 Å². The van der Waals surface area contributed by atoms with Gasteiger partial charge in [0.15, 0.2) is 6.29 Å². The van der Waals surface area contributed by atoms with Crippen molar-refractivity contribution in [2.75, 3.05) is 13.2 Å². The van der Waals surface area contributed by atoms with Crippen LogP contribution in [0.1, 0.15) is 206 Å². The predicted molar refractivity (Wildman–Crippen MR) is 229 cm³/mol. The number of nitrogens with one attached hydrogen (secondary N) is 1. The zero-order valence-corrected chi connectivity index (χ0v) is 36.3. The lowest BCUT2D eigenvalue weighted by Gasteiger charge is -2.40. The van der Waals surface area contributed by atoms with Crippen molar-refractivity contribution in [1.82, 2.24) is 5.32 Å². The van der Waals surface area contributed by atoms with Crippen molar-refractivity contribution < 1.29 is 50.0 Å². The minimum absolute atomic E-state index is 0.259. The highest BCUT2D eigenvalue weighted by Gasteiger charge is 2.44. The second-order valence-corrected chi connectivity index (χ2v) is 16.8. The summed E-state index contributed by atoms with van der Waals surface area (Å²) in [6, 6.07) is -1.18. The van der Waals surface area contributed by atoms with Crippen LogP contribution in [-0.4, -0.2) is 110 Å². The largest absolute Gasteiger partial charge is 0.394 e. The van der Waals surface area contributed by atoms with Crippen LogP contribution in [0.2, 0.25) is 0 Å². The van der Waals surface area contributed by atoms with Gasteiger partial charge in [0.05, 0.1) is 25.4 Å².